The van der Waals surface area contributed by atoms with E-state index < -0.39 is 8.07 Å². The fraction of sp³-hybridized carbons (Fsp3) is 0.455. The highest BCUT2D eigenvalue weighted by Gasteiger charge is 2.35. The molecule has 0 aromatic heterocycles. The Hall–Kier alpha value is -0.383. The molecule has 25 heavy (non-hydrogen) atoms. The van der Waals surface area contributed by atoms with Gasteiger partial charge >= 0.3 is 0 Å². The van der Waals surface area contributed by atoms with Gasteiger partial charge in [-0.1, -0.05) is 130 Å². The molecule has 0 amide bonds. The molecule has 0 unspecified atom stereocenters. The molecular weight excluding hydrogens is 452 g/mol. The molecule has 0 atom stereocenters. The molecule has 0 N–H and O–H groups in total. The highest BCUT2D eigenvalue weighted by molar-refractivity contribution is 9.08. The summed E-state index contributed by atoms with van der Waals surface area (Å²) in [6.45, 7) is 4.64. The van der Waals surface area contributed by atoms with Gasteiger partial charge in [0.25, 0.3) is 0 Å². The Morgan fingerprint density at radius 3 is 1.28 bits per heavy atom. The Morgan fingerprint density at radius 2 is 1.00 bits per heavy atom. The Bertz CT molecular complexity index is 562. The summed E-state index contributed by atoms with van der Waals surface area (Å²) in [5, 5.41) is 5.11. The van der Waals surface area contributed by atoms with Crippen LogP contribution in [0.2, 0.25) is 12.1 Å². The van der Waals surface area contributed by atoms with Crippen LogP contribution in [0.1, 0.15) is 50.7 Å². The van der Waals surface area contributed by atoms with Crippen molar-refractivity contribution < 1.29 is 0 Å². The summed E-state index contributed by atoms with van der Waals surface area (Å²) in [6, 6.07) is 21.7. The first-order chi connectivity index (χ1) is 12.2. The monoisotopic (exact) mass is 480 g/mol. The van der Waals surface area contributed by atoms with Crippen molar-refractivity contribution in [2.24, 2.45) is 0 Å². The van der Waals surface area contributed by atoms with Crippen molar-refractivity contribution in [3.63, 3.8) is 0 Å². The number of hydrogen-bond donors (Lipinski definition) is 0. The van der Waals surface area contributed by atoms with Gasteiger partial charge in [-0.25, -0.2) is 0 Å². The molecule has 136 valence electrons. The molecule has 0 radical (unpaired) electrons. The zero-order valence-corrected chi connectivity index (χ0v) is 19.7. The minimum Gasteiger partial charge on any atom is -0.0876 e. The third-order valence-electron chi connectivity index (χ3n) is 5.24. The van der Waals surface area contributed by atoms with Crippen molar-refractivity contribution in [2.75, 3.05) is 0 Å². The largest absolute Gasteiger partial charge is 0.118 e. The first kappa shape index (κ1) is 20.9. The highest BCUT2D eigenvalue weighted by Crippen LogP contribution is 2.23. The van der Waals surface area contributed by atoms with Gasteiger partial charge in [0.05, 0.1) is 0 Å². The van der Waals surface area contributed by atoms with E-state index in [-0.39, 0.29) is 0 Å². The second-order valence-electron chi connectivity index (χ2n) is 6.95. The molecule has 0 aliphatic carbocycles. The lowest BCUT2D eigenvalue weighted by atomic mass is 10.2. The van der Waals surface area contributed by atoms with E-state index >= 15 is 0 Å². The molecule has 0 nitrogen and oxygen atoms in total. The fourth-order valence-electron chi connectivity index (χ4n) is 3.65. The van der Waals surface area contributed by atoms with E-state index in [0.717, 1.165) is 10.7 Å². The van der Waals surface area contributed by atoms with Gasteiger partial charge in [0.2, 0.25) is 0 Å². The van der Waals surface area contributed by atoms with Crippen molar-refractivity contribution >= 4 is 50.3 Å². The Labute approximate surface area is 171 Å². The van der Waals surface area contributed by atoms with Crippen LogP contribution in [-0.2, 0) is 10.7 Å². The van der Waals surface area contributed by atoms with Crippen LogP contribution in [0, 0.1) is 0 Å². The van der Waals surface area contributed by atoms with Gasteiger partial charge in [0, 0.05) is 10.7 Å². The minimum absolute atomic E-state index is 0.936. The molecule has 0 aliphatic rings. The molecule has 0 heterocycles. The third-order valence-corrected chi connectivity index (χ3v) is 11.8. The van der Waals surface area contributed by atoms with Crippen molar-refractivity contribution in [1.82, 2.24) is 0 Å². The maximum Gasteiger partial charge on any atom is 0.118 e. The molecule has 0 saturated heterocycles. The standard InChI is InChI=1S/C22H30Br2Si/c1-3-5-15-25(16-6-4-2,21-11-7-19(17-23)8-12-21)22-13-9-20(18-24)10-14-22/h7-14H,3-6,15-18H2,1-2H3. The van der Waals surface area contributed by atoms with Gasteiger partial charge in [-0.05, 0) is 23.2 Å². The zero-order valence-electron chi connectivity index (χ0n) is 15.5. The second kappa shape index (κ2) is 10.7. The van der Waals surface area contributed by atoms with Crippen molar-refractivity contribution in [3.05, 3.63) is 59.7 Å². The first-order valence-electron chi connectivity index (χ1n) is 9.51. The topological polar surface area (TPSA) is 0 Å². The van der Waals surface area contributed by atoms with Crippen LogP contribution >= 0.6 is 31.9 Å². The van der Waals surface area contributed by atoms with Crippen molar-refractivity contribution in [1.29, 1.82) is 0 Å². The minimum atomic E-state index is -1.69. The van der Waals surface area contributed by atoms with Crippen LogP contribution in [0.3, 0.4) is 0 Å². The lowest BCUT2D eigenvalue weighted by Gasteiger charge is -2.33. The van der Waals surface area contributed by atoms with Crippen LogP contribution in [0.5, 0.6) is 0 Å². The summed E-state index contributed by atoms with van der Waals surface area (Å²) in [7, 11) is -1.69. The van der Waals surface area contributed by atoms with E-state index in [1.807, 2.05) is 0 Å². The average Bonchev–Trinajstić information content (AvgIpc) is 2.69. The predicted octanol–water partition coefficient (Wildman–Crippen LogP) is 6.64. The SMILES string of the molecule is CCCC[Si](CCCC)(c1ccc(CBr)cc1)c1ccc(CBr)cc1. The lowest BCUT2D eigenvalue weighted by molar-refractivity contribution is 0.838. The normalized spacial score (nSPS) is 11.7. The summed E-state index contributed by atoms with van der Waals surface area (Å²) in [5.41, 5.74) is 2.74. The number of alkyl halides is 2. The molecule has 0 saturated carbocycles. The maximum atomic E-state index is 3.58. The lowest BCUT2D eigenvalue weighted by Crippen LogP contribution is -2.58. The highest BCUT2D eigenvalue weighted by atomic mass is 79.9. The number of benzene rings is 2. The Balaban J connectivity index is 2.51. The summed E-state index contributed by atoms with van der Waals surface area (Å²) < 4.78 is 0. The third kappa shape index (κ3) is 5.30. The summed E-state index contributed by atoms with van der Waals surface area (Å²) in [5.74, 6) is 0. The summed E-state index contributed by atoms with van der Waals surface area (Å²) >= 11 is 7.17. The molecule has 2 aromatic carbocycles. The fourth-order valence-corrected chi connectivity index (χ4v) is 9.66. The Kier molecular flexibility index (Phi) is 8.95. The van der Waals surface area contributed by atoms with Gasteiger partial charge in [-0.3, -0.25) is 0 Å². The van der Waals surface area contributed by atoms with Crippen LogP contribution in [0.15, 0.2) is 48.5 Å². The van der Waals surface area contributed by atoms with E-state index in [2.05, 4.69) is 94.2 Å². The number of hydrogen-bond acceptors (Lipinski definition) is 0. The molecule has 0 bridgehead atoms. The summed E-state index contributed by atoms with van der Waals surface area (Å²) in [6.07, 6.45) is 5.21. The van der Waals surface area contributed by atoms with E-state index in [0.29, 0.717) is 0 Å². The van der Waals surface area contributed by atoms with Crippen molar-refractivity contribution in [3.8, 4) is 0 Å². The van der Waals surface area contributed by atoms with Crippen molar-refractivity contribution in [2.45, 2.75) is 62.3 Å². The average molecular weight is 482 g/mol. The molecular formula is C22H30Br2Si. The molecule has 3 heteroatoms. The quantitative estimate of drug-likeness (QED) is 0.263. The molecule has 2 rings (SSSR count). The molecule has 0 aliphatic heterocycles. The van der Waals surface area contributed by atoms with Gasteiger partial charge < -0.3 is 0 Å². The number of rotatable bonds is 10. The number of halogens is 2. The smallest absolute Gasteiger partial charge is 0.0876 e. The van der Waals surface area contributed by atoms with E-state index in [9.17, 15) is 0 Å². The van der Waals surface area contributed by atoms with E-state index in [1.165, 1.54) is 48.9 Å². The zero-order chi connectivity index (χ0) is 18.1. The second-order valence-corrected chi connectivity index (χ2v) is 12.4. The number of unbranched alkanes of at least 4 members (excludes halogenated alkanes) is 2. The van der Waals surface area contributed by atoms with Crippen LogP contribution < -0.4 is 10.4 Å². The Morgan fingerprint density at radius 1 is 0.640 bits per heavy atom. The van der Waals surface area contributed by atoms with Crippen LogP contribution in [0.25, 0.3) is 0 Å². The van der Waals surface area contributed by atoms with E-state index in [4.69, 9.17) is 0 Å². The molecule has 0 spiro atoms. The van der Waals surface area contributed by atoms with E-state index in [1.54, 1.807) is 10.4 Å². The predicted molar refractivity (Wildman–Crippen MR) is 123 cm³/mol. The molecule has 0 fully saturated rings. The van der Waals surface area contributed by atoms with Gasteiger partial charge in [0.15, 0.2) is 0 Å². The van der Waals surface area contributed by atoms with Crippen LogP contribution in [0.4, 0.5) is 0 Å². The van der Waals surface area contributed by atoms with Gasteiger partial charge in [-0.15, -0.1) is 0 Å². The van der Waals surface area contributed by atoms with Gasteiger partial charge in [-0.2, -0.15) is 0 Å². The van der Waals surface area contributed by atoms with Gasteiger partial charge in [0.1, 0.15) is 8.07 Å². The maximum absolute atomic E-state index is 3.58. The first-order valence-corrected chi connectivity index (χ1v) is 14.2. The molecule has 2 aromatic rings. The summed E-state index contributed by atoms with van der Waals surface area (Å²) in [4.78, 5) is 0. The van der Waals surface area contributed by atoms with Crippen LogP contribution in [-0.4, -0.2) is 8.07 Å².